The molecule has 0 atom stereocenters. The Hall–Kier alpha value is -3.50. The molecule has 0 saturated carbocycles. The van der Waals surface area contributed by atoms with E-state index in [1.165, 1.54) is 0 Å². The Morgan fingerprint density at radius 2 is 1.36 bits per heavy atom. The summed E-state index contributed by atoms with van der Waals surface area (Å²) in [5.41, 5.74) is 9.54. The number of rotatable bonds is 2. The van der Waals surface area contributed by atoms with Gasteiger partial charge in [-0.05, 0) is 26.8 Å². The zero-order valence-corrected chi connectivity index (χ0v) is 24.2. The normalized spacial score (nSPS) is 19.1. The lowest BCUT2D eigenvalue weighted by Gasteiger charge is -2.39. The van der Waals surface area contributed by atoms with Crippen molar-refractivity contribution in [2.45, 2.75) is 20.8 Å². The van der Waals surface area contributed by atoms with Crippen LogP contribution in [0, 0.1) is 20.8 Å². The van der Waals surface area contributed by atoms with Crippen LogP contribution in [-0.2, 0) is 0 Å². The second-order valence-electron chi connectivity index (χ2n) is 12.5. The van der Waals surface area contributed by atoms with Gasteiger partial charge in [-0.15, -0.1) is 0 Å². The minimum Gasteiger partial charge on any atom is -0.452 e. The molecule has 1 aromatic carbocycles. The summed E-state index contributed by atoms with van der Waals surface area (Å²) in [7, 11) is 8.60. The third kappa shape index (κ3) is 4.65. The van der Waals surface area contributed by atoms with Crippen molar-refractivity contribution >= 4 is 28.6 Å². The Morgan fingerprint density at radius 1 is 0.846 bits per heavy atom. The first kappa shape index (κ1) is 27.1. The van der Waals surface area contributed by atoms with Crippen molar-refractivity contribution in [2.24, 2.45) is 0 Å². The predicted octanol–water partition coefficient (Wildman–Crippen LogP) is 1.86. The molecule has 39 heavy (non-hydrogen) atoms. The van der Waals surface area contributed by atoms with E-state index in [2.05, 4.69) is 28.2 Å². The molecular formula is C29H40N6O4+2. The number of hydrogen-bond acceptors (Lipinski definition) is 6. The zero-order valence-electron chi connectivity index (χ0n) is 24.2. The van der Waals surface area contributed by atoms with E-state index in [1.54, 1.807) is 24.8 Å². The number of hydrogen-bond donors (Lipinski definition) is 1. The second kappa shape index (κ2) is 9.31. The van der Waals surface area contributed by atoms with E-state index in [1.807, 2.05) is 11.8 Å². The van der Waals surface area contributed by atoms with Gasteiger partial charge in [-0.2, -0.15) is 0 Å². The smallest absolute Gasteiger partial charge is 0.257 e. The van der Waals surface area contributed by atoms with E-state index in [0.29, 0.717) is 70.9 Å². The molecule has 3 aliphatic heterocycles. The Bertz CT molecular complexity index is 1520. The third-order valence-electron chi connectivity index (χ3n) is 8.74. The van der Waals surface area contributed by atoms with Crippen LogP contribution in [0.15, 0.2) is 15.3 Å². The van der Waals surface area contributed by atoms with Gasteiger partial charge in [0.2, 0.25) is 0 Å². The summed E-state index contributed by atoms with van der Waals surface area (Å²) in [6, 6.07) is 1.66. The number of nitrogens with zero attached hydrogens (tertiary/aromatic N) is 5. The maximum Gasteiger partial charge on any atom is 0.257 e. The van der Waals surface area contributed by atoms with Crippen molar-refractivity contribution in [3.8, 4) is 11.5 Å². The van der Waals surface area contributed by atoms with Crippen LogP contribution in [0.25, 0.3) is 22.6 Å². The molecule has 208 valence electrons. The number of quaternary nitrogens is 2. The van der Waals surface area contributed by atoms with Gasteiger partial charge in [0.1, 0.15) is 11.2 Å². The predicted molar refractivity (Wildman–Crippen MR) is 151 cm³/mol. The number of fused-ring (bicyclic) bond motifs is 2. The summed E-state index contributed by atoms with van der Waals surface area (Å²) in [6.07, 6.45) is 0. The number of aryl methyl sites for hydroxylation is 1. The van der Waals surface area contributed by atoms with Gasteiger partial charge in [0, 0.05) is 22.4 Å². The van der Waals surface area contributed by atoms with Crippen molar-refractivity contribution in [1.82, 2.24) is 14.8 Å². The van der Waals surface area contributed by atoms with Crippen LogP contribution in [0.4, 0.5) is 5.69 Å². The summed E-state index contributed by atoms with van der Waals surface area (Å²) in [4.78, 5) is 49.5. The lowest BCUT2D eigenvalue weighted by Crippen LogP contribution is -2.56. The molecule has 0 radical (unpaired) electrons. The van der Waals surface area contributed by atoms with Gasteiger partial charge in [0.15, 0.2) is 16.8 Å². The maximum atomic E-state index is 13.9. The molecule has 0 bridgehead atoms. The minimum atomic E-state index is -0.240. The van der Waals surface area contributed by atoms with Crippen LogP contribution in [0.3, 0.4) is 0 Å². The Labute approximate surface area is 229 Å². The average Bonchev–Trinajstić information content (AvgIpc) is 2.88. The summed E-state index contributed by atoms with van der Waals surface area (Å²) >= 11 is 0. The molecule has 0 unspecified atom stereocenters. The highest BCUT2D eigenvalue weighted by Gasteiger charge is 2.35. The summed E-state index contributed by atoms with van der Waals surface area (Å²) in [5, 5.41) is 0. The van der Waals surface area contributed by atoms with Gasteiger partial charge < -0.3 is 28.9 Å². The van der Waals surface area contributed by atoms with Gasteiger partial charge in [-0.1, -0.05) is 0 Å². The highest BCUT2D eigenvalue weighted by molar-refractivity contribution is 6.08. The number of carbonyl (C=O) groups is 2. The van der Waals surface area contributed by atoms with E-state index >= 15 is 0 Å². The van der Waals surface area contributed by atoms with E-state index in [0.717, 1.165) is 35.1 Å². The molecule has 2 amide bonds. The standard InChI is InChI=1S/C29H39N6O4/c1-17-21(30)16-20(28(37)32-8-12-34(4,5)13-9-32)23-26(17)39-27-19(3)25(36)18(2)22(24(27)31-23)29(38)33-10-14-35(6,7)15-11-33/h16H,8-15H2,1-7H3,(H-,30,36)/q+1/p+1. The maximum absolute atomic E-state index is 13.9. The molecule has 2 fully saturated rings. The third-order valence-corrected chi connectivity index (χ3v) is 8.74. The van der Waals surface area contributed by atoms with Crippen LogP contribution >= 0.6 is 0 Å². The molecule has 0 spiro atoms. The van der Waals surface area contributed by atoms with Crippen LogP contribution in [-0.4, -0.2) is 116 Å². The topological polar surface area (TPSA) is 110 Å². The number of nitrogen functional groups attached to an aromatic ring is 1. The number of anilines is 1. The first-order chi connectivity index (χ1) is 18.2. The van der Waals surface area contributed by atoms with Crippen LogP contribution in [0.5, 0.6) is 0 Å². The van der Waals surface area contributed by atoms with E-state index < -0.39 is 0 Å². The summed E-state index contributed by atoms with van der Waals surface area (Å²) < 4.78 is 8.05. The summed E-state index contributed by atoms with van der Waals surface area (Å²) in [5.74, 6) is -0.127. The van der Waals surface area contributed by atoms with Crippen LogP contribution < -0.4 is 11.2 Å². The Morgan fingerprint density at radius 3 is 1.90 bits per heavy atom. The molecule has 2 N–H and O–H groups in total. The number of piperazine rings is 2. The van der Waals surface area contributed by atoms with Crippen molar-refractivity contribution in [2.75, 3.05) is 86.3 Å². The number of nitrogens with two attached hydrogens (primary N) is 1. The first-order valence-electron chi connectivity index (χ1n) is 13.6. The lowest BCUT2D eigenvalue weighted by molar-refractivity contribution is -0.894. The second-order valence-corrected chi connectivity index (χ2v) is 12.5. The fourth-order valence-electron chi connectivity index (χ4n) is 5.58. The molecule has 1 aromatic rings. The van der Waals surface area contributed by atoms with Gasteiger partial charge in [0.05, 0.1) is 91.7 Å². The van der Waals surface area contributed by atoms with Gasteiger partial charge in [-0.25, -0.2) is 4.98 Å². The highest BCUT2D eigenvalue weighted by atomic mass is 16.3. The van der Waals surface area contributed by atoms with E-state index in [-0.39, 0.29) is 28.6 Å². The highest BCUT2D eigenvalue weighted by Crippen LogP contribution is 2.36. The molecule has 1 aliphatic carbocycles. The zero-order chi connectivity index (χ0) is 28.4. The molecule has 4 aliphatic rings. The van der Waals surface area contributed by atoms with Crippen molar-refractivity contribution in [3.63, 3.8) is 0 Å². The van der Waals surface area contributed by atoms with E-state index in [9.17, 15) is 14.4 Å². The van der Waals surface area contributed by atoms with E-state index in [4.69, 9.17) is 15.1 Å². The number of amides is 2. The fraction of sp³-hybridized carbons (Fsp3) is 0.517. The molecule has 10 heteroatoms. The van der Waals surface area contributed by atoms with Crippen molar-refractivity contribution < 1.29 is 23.0 Å². The van der Waals surface area contributed by atoms with Gasteiger partial charge in [-0.3, -0.25) is 14.4 Å². The van der Waals surface area contributed by atoms with Crippen molar-refractivity contribution in [3.05, 3.63) is 44.1 Å². The average molecular weight is 537 g/mol. The van der Waals surface area contributed by atoms with Crippen LogP contribution in [0.2, 0.25) is 0 Å². The molecular weight excluding hydrogens is 496 g/mol. The molecule has 3 heterocycles. The summed E-state index contributed by atoms with van der Waals surface area (Å²) in [6.45, 7) is 10.9. The number of likely N-dealkylation sites (N-methyl/N-ethyl adjacent to an activating group) is 2. The first-order valence-corrected chi connectivity index (χ1v) is 13.6. The van der Waals surface area contributed by atoms with Gasteiger partial charge >= 0.3 is 0 Å². The van der Waals surface area contributed by atoms with Crippen molar-refractivity contribution in [1.29, 1.82) is 0 Å². The minimum absolute atomic E-state index is 0.161. The quantitative estimate of drug-likeness (QED) is 0.304. The molecule has 2 saturated heterocycles. The Balaban J connectivity index is 1.70. The number of carbonyl (C=O) groups excluding carboxylic acids is 2. The Kier molecular flexibility index (Phi) is 6.46. The number of benzene rings is 2. The fourth-order valence-corrected chi connectivity index (χ4v) is 5.58. The monoisotopic (exact) mass is 536 g/mol. The molecule has 5 rings (SSSR count). The molecule has 0 aromatic heterocycles. The van der Waals surface area contributed by atoms with Crippen LogP contribution in [0.1, 0.15) is 37.4 Å². The molecule has 10 nitrogen and oxygen atoms in total. The largest absolute Gasteiger partial charge is 0.452 e. The van der Waals surface area contributed by atoms with Gasteiger partial charge in [0.25, 0.3) is 11.8 Å². The lowest BCUT2D eigenvalue weighted by atomic mass is 9.96. The number of aromatic nitrogens is 1. The SMILES string of the molecule is Cc1c2oc3c(C)c(N)cc(C(=O)N4CC[N+](C)(C)CC4)c3nc-2c(C(=O)N2CC[N+](C)(C)CC2)c(C)c1=O.